The predicted octanol–water partition coefficient (Wildman–Crippen LogP) is 1.24. The molecular formula is C14H30N4O2. The van der Waals surface area contributed by atoms with Crippen LogP contribution in [0.5, 0.6) is 0 Å². The Kier molecular flexibility index (Phi) is 7.57. The van der Waals surface area contributed by atoms with E-state index in [4.69, 9.17) is 10.9 Å². The summed E-state index contributed by atoms with van der Waals surface area (Å²) in [5.74, 6) is 0.241. The van der Waals surface area contributed by atoms with E-state index in [-0.39, 0.29) is 17.8 Å². The average Bonchev–Trinajstić information content (AvgIpc) is 2.34. The van der Waals surface area contributed by atoms with Crippen LogP contribution < -0.4 is 11.1 Å². The summed E-state index contributed by atoms with van der Waals surface area (Å²) in [4.78, 5) is 14.5. The highest BCUT2D eigenvalue weighted by Gasteiger charge is 2.37. The number of nitrogens with two attached hydrogens (primary N) is 1. The van der Waals surface area contributed by atoms with Crippen molar-refractivity contribution in [3.63, 3.8) is 0 Å². The minimum absolute atomic E-state index is 0.0503. The van der Waals surface area contributed by atoms with Gasteiger partial charge in [0.25, 0.3) is 0 Å². The molecule has 20 heavy (non-hydrogen) atoms. The molecule has 0 aromatic carbocycles. The number of hydrogen-bond donors (Lipinski definition) is 3. The number of amides is 1. The van der Waals surface area contributed by atoms with E-state index in [9.17, 15) is 4.79 Å². The van der Waals surface area contributed by atoms with Crippen LogP contribution in [0.2, 0.25) is 0 Å². The van der Waals surface area contributed by atoms with Gasteiger partial charge in [0, 0.05) is 12.6 Å². The molecule has 0 heterocycles. The second-order valence-corrected chi connectivity index (χ2v) is 6.23. The van der Waals surface area contributed by atoms with Crippen LogP contribution in [0.4, 0.5) is 0 Å². The Labute approximate surface area is 122 Å². The lowest BCUT2D eigenvalue weighted by atomic mass is 9.84. The van der Waals surface area contributed by atoms with Gasteiger partial charge in [0.15, 0.2) is 5.84 Å². The summed E-state index contributed by atoms with van der Waals surface area (Å²) in [6, 6.07) is 0.0508. The van der Waals surface area contributed by atoms with Crippen LogP contribution in [0.25, 0.3) is 0 Å². The lowest BCUT2D eigenvalue weighted by molar-refractivity contribution is -0.128. The van der Waals surface area contributed by atoms with Gasteiger partial charge >= 0.3 is 0 Å². The Hall–Kier alpha value is -1.30. The summed E-state index contributed by atoms with van der Waals surface area (Å²) in [5, 5.41) is 14.9. The molecule has 4 N–H and O–H groups in total. The van der Waals surface area contributed by atoms with Gasteiger partial charge in [0.05, 0.1) is 0 Å². The highest BCUT2D eigenvalue weighted by atomic mass is 16.4. The topological polar surface area (TPSA) is 91.0 Å². The summed E-state index contributed by atoms with van der Waals surface area (Å²) in [5.41, 5.74) is 4.69. The van der Waals surface area contributed by atoms with Gasteiger partial charge in [-0.1, -0.05) is 25.9 Å². The quantitative estimate of drug-likeness (QED) is 0.271. The van der Waals surface area contributed by atoms with Crippen molar-refractivity contribution < 1.29 is 10.0 Å². The number of oxime groups is 1. The number of likely N-dealkylation sites (N-methyl/N-ethyl adjacent to an activating group) is 1. The Balaban J connectivity index is 4.97. The van der Waals surface area contributed by atoms with E-state index in [1.54, 1.807) is 6.92 Å². The second kappa shape index (κ2) is 8.09. The van der Waals surface area contributed by atoms with Crippen LogP contribution in [-0.4, -0.2) is 48.5 Å². The van der Waals surface area contributed by atoms with Crippen molar-refractivity contribution in [3.8, 4) is 0 Å². The summed E-state index contributed by atoms with van der Waals surface area (Å²) in [6.07, 6.45) is 1.37. The zero-order valence-corrected chi connectivity index (χ0v) is 13.6. The zero-order chi connectivity index (χ0) is 15.9. The smallest absolute Gasteiger partial charge is 0.233 e. The van der Waals surface area contributed by atoms with E-state index in [1.165, 1.54) is 0 Å². The first kappa shape index (κ1) is 18.7. The second-order valence-electron chi connectivity index (χ2n) is 6.23. The molecule has 0 aliphatic heterocycles. The van der Waals surface area contributed by atoms with Crippen molar-refractivity contribution in [1.29, 1.82) is 0 Å². The summed E-state index contributed by atoms with van der Waals surface area (Å²) < 4.78 is 0. The van der Waals surface area contributed by atoms with Gasteiger partial charge < -0.3 is 21.2 Å². The van der Waals surface area contributed by atoms with Gasteiger partial charge in [0.1, 0.15) is 5.41 Å². The number of nitrogens with one attached hydrogen (secondary N) is 1. The Morgan fingerprint density at radius 2 is 2.00 bits per heavy atom. The number of carbonyl (C=O) groups is 1. The van der Waals surface area contributed by atoms with Gasteiger partial charge in [-0.3, -0.25) is 4.79 Å². The SMILES string of the molecule is CCC(C)(C(=O)NC(CC(C)C)CN(C)C)C(N)=NO. The molecule has 0 radical (unpaired) electrons. The first-order valence-corrected chi connectivity index (χ1v) is 7.11. The van der Waals surface area contributed by atoms with E-state index in [2.05, 4.69) is 24.3 Å². The molecule has 2 unspecified atom stereocenters. The lowest BCUT2D eigenvalue weighted by Gasteiger charge is -2.30. The summed E-state index contributed by atoms with van der Waals surface area (Å²) >= 11 is 0. The molecule has 0 spiro atoms. The van der Waals surface area contributed by atoms with Crippen LogP contribution in [0.3, 0.4) is 0 Å². The molecule has 6 nitrogen and oxygen atoms in total. The molecule has 0 bridgehead atoms. The van der Waals surface area contributed by atoms with Crippen molar-refractivity contribution >= 4 is 11.7 Å². The predicted molar refractivity (Wildman–Crippen MR) is 81.7 cm³/mol. The zero-order valence-electron chi connectivity index (χ0n) is 13.6. The van der Waals surface area contributed by atoms with E-state index in [0.717, 1.165) is 13.0 Å². The standard InChI is InChI=1S/C14H30N4O2/c1-7-14(4,12(15)17-20)13(19)16-11(8-10(2)3)9-18(5)6/h10-11,20H,7-9H2,1-6H3,(H2,15,17)(H,16,19). The van der Waals surface area contributed by atoms with Gasteiger partial charge in [-0.15, -0.1) is 0 Å². The Morgan fingerprint density at radius 3 is 2.35 bits per heavy atom. The third kappa shape index (κ3) is 5.36. The molecule has 0 fully saturated rings. The molecule has 0 aromatic heterocycles. The number of hydrogen-bond acceptors (Lipinski definition) is 4. The summed E-state index contributed by atoms with van der Waals surface area (Å²) in [6.45, 7) is 8.55. The van der Waals surface area contributed by atoms with Crippen molar-refractivity contribution in [3.05, 3.63) is 0 Å². The minimum Gasteiger partial charge on any atom is -0.409 e. The fraction of sp³-hybridized carbons (Fsp3) is 0.857. The molecule has 118 valence electrons. The fourth-order valence-electron chi connectivity index (χ4n) is 2.10. The highest BCUT2D eigenvalue weighted by molar-refractivity contribution is 6.06. The van der Waals surface area contributed by atoms with Crippen molar-refractivity contribution in [1.82, 2.24) is 10.2 Å². The maximum Gasteiger partial charge on any atom is 0.233 e. The number of carbonyl (C=O) groups excluding carboxylic acids is 1. The Morgan fingerprint density at radius 1 is 1.45 bits per heavy atom. The molecule has 0 rings (SSSR count). The molecule has 2 atom stereocenters. The van der Waals surface area contributed by atoms with Crippen LogP contribution >= 0.6 is 0 Å². The van der Waals surface area contributed by atoms with Gasteiger partial charge in [0.2, 0.25) is 5.91 Å². The molecule has 0 aliphatic rings. The number of rotatable bonds is 8. The number of amidine groups is 1. The van der Waals surface area contributed by atoms with Gasteiger partial charge in [-0.2, -0.15) is 0 Å². The molecular weight excluding hydrogens is 256 g/mol. The van der Waals surface area contributed by atoms with Crippen LogP contribution in [0, 0.1) is 11.3 Å². The monoisotopic (exact) mass is 286 g/mol. The van der Waals surface area contributed by atoms with Crippen molar-refractivity contribution in [2.45, 2.75) is 46.6 Å². The molecule has 0 saturated heterocycles. The van der Waals surface area contributed by atoms with Gasteiger partial charge in [-0.05, 0) is 39.8 Å². The molecule has 0 saturated carbocycles. The van der Waals surface area contributed by atoms with Crippen LogP contribution in [0.1, 0.15) is 40.5 Å². The fourth-order valence-corrected chi connectivity index (χ4v) is 2.10. The Bertz CT molecular complexity index is 332. The molecule has 1 amide bonds. The van der Waals surface area contributed by atoms with Gasteiger partial charge in [-0.25, -0.2) is 0 Å². The normalized spacial score (nSPS) is 17.1. The lowest BCUT2D eigenvalue weighted by Crippen LogP contribution is -2.52. The van der Waals surface area contributed by atoms with E-state index >= 15 is 0 Å². The minimum atomic E-state index is -0.976. The largest absolute Gasteiger partial charge is 0.409 e. The first-order valence-electron chi connectivity index (χ1n) is 7.11. The highest BCUT2D eigenvalue weighted by Crippen LogP contribution is 2.22. The van der Waals surface area contributed by atoms with Crippen molar-refractivity contribution in [2.75, 3.05) is 20.6 Å². The van der Waals surface area contributed by atoms with E-state index in [1.807, 2.05) is 25.9 Å². The molecule has 0 aromatic rings. The maximum atomic E-state index is 12.5. The average molecular weight is 286 g/mol. The molecule has 0 aliphatic carbocycles. The van der Waals surface area contributed by atoms with Crippen LogP contribution in [0.15, 0.2) is 5.16 Å². The molecule has 6 heteroatoms. The maximum absolute atomic E-state index is 12.5. The third-order valence-corrected chi connectivity index (χ3v) is 3.56. The summed E-state index contributed by atoms with van der Waals surface area (Å²) in [7, 11) is 3.95. The van der Waals surface area contributed by atoms with Crippen LogP contribution in [-0.2, 0) is 4.79 Å². The van der Waals surface area contributed by atoms with E-state index in [0.29, 0.717) is 12.3 Å². The first-order chi connectivity index (χ1) is 9.17. The van der Waals surface area contributed by atoms with E-state index < -0.39 is 5.41 Å². The van der Waals surface area contributed by atoms with Crippen molar-refractivity contribution in [2.24, 2.45) is 22.2 Å². The number of nitrogens with zero attached hydrogens (tertiary/aromatic N) is 2. The third-order valence-electron chi connectivity index (χ3n) is 3.56.